The van der Waals surface area contributed by atoms with Crippen molar-refractivity contribution in [1.82, 2.24) is 0 Å². The van der Waals surface area contributed by atoms with Crippen molar-refractivity contribution in [3.63, 3.8) is 0 Å². The number of hydrogen-bond acceptors (Lipinski definition) is 3. The van der Waals surface area contributed by atoms with Crippen molar-refractivity contribution in [2.75, 3.05) is 0 Å². The Hall–Kier alpha value is -1.35. The first-order chi connectivity index (χ1) is 7.16. The normalized spacial score (nSPS) is 24.4. The first-order valence-corrected chi connectivity index (χ1v) is 5.09. The van der Waals surface area contributed by atoms with E-state index in [2.05, 4.69) is 0 Å². The van der Waals surface area contributed by atoms with E-state index in [1.807, 2.05) is 24.3 Å². The first kappa shape index (κ1) is 10.2. The van der Waals surface area contributed by atoms with Gasteiger partial charge in [-0.2, -0.15) is 0 Å². The molecule has 3 heteroatoms. The second-order valence-electron chi connectivity index (χ2n) is 3.89. The number of fused-ring (bicyclic) bond motifs is 1. The smallest absolute Gasteiger partial charge is 0.303 e. The molecule has 0 bridgehead atoms. The molecule has 1 aliphatic carbocycles. The summed E-state index contributed by atoms with van der Waals surface area (Å²) < 4.78 is 5.07. The van der Waals surface area contributed by atoms with Crippen molar-refractivity contribution < 1.29 is 14.6 Å². The predicted molar refractivity (Wildman–Crippen MR) is 55.4 cm³/mol. The molecule has 1 aliphatic rings. The minimum Gasteiger partial charge on any atom is -0.459 e. The minimum absolute atomic E-state index is 0.335. The van der Waals surface area contributed by atoms with E-state index in [1.54, 1.807) is 0 Å². The van der Waals surface area contributed by atoms with Crippen LogP contribution in [0.1, 0.15) is 18.1 Å². The van der Waals surface area contributed by atoms with Crippen LogP contribution in [0.5, 0.6) is 0 Å². The van der Waals surface area contributed by atoms with Crippen LogP contribution >= 0.6 is 0 Å². The van der Waals surface area contributed by atoms with E-state index in [0.717, 1.165) is 11.1 Å². The van der Waals surface area contributed by atoms with Crippen molar-refractivity contribution in [1.29, 1.82) is 0 Å². The first-order valence-electron chi connectivity index (χ1n) is 5.09. The lowest BCUT2D eigenvalue weighted by Gasteiger charge is -2.28. The fourth-order valence-electron chi connectivity index (χ4n) is 2.00. The Morgan fingerprint density at radius 3 is 2.53 bits per heavy atom. The second kappa shape index (κ2) is 4.03. The van der Waals surface area contributed by atoms with Crippen molar-refractivity contribution in [2.24, 2.45) is 0 Å². The molecule has 2 unspecified atom stereocenters. The largest absolute Gasteiger partial charge is 0.459 e. The molecule has 0 heterocycles. The van der Waals surface area contributed by atoms with Crippen LogP contribution in [-0.4, -0.2) is 23.3 Å². The molecule has 0 spiro atoms. The van der Waals surface area contributed by atoms with Gasteiger partial charge in [0.15, 0.2) is 0 Å². The van der Waals surface area contributed by atoms with Gasteiger partial charge in [0.2, 0.25) is 0 Å². The number of ether oxygens (including phenoxy) is 1. The summed E-state index contributed by atoms with van der Waals surface area (Å²) in [6, 6.07) is 7.93. The third-order valence-electron chi connectivity index (χ3n) is 2.72. The van der Waals surface area contributed by atoms with Crippen molar-refractivity contribution in [2.45, 2.75) is 32.0 Å². The highest BCUT2D eigenvalue weighted by atomic mass is 16.6. The summed E-state index contributed by atoms with van der Waals surface area (Å²) in [7, 11) is 0. The van der Waals surface area contributed by atoms with Gasteiger partial charge in [-0.25, -0.2) is 0 Å². The Kier molecular flexibility index (Phi) is 2.73. The number of benzene rings is 1. The molecule has 0 aromatic heterocycles. The van der Waals surface area contributed by atoms with Crippen molar-refractivity contribution in [3.05, 3.63) is 35.4 Å². The van der Waals surface area contributed by atoms with E-state index in [-0.39, 0.29) is 5.97 Å². The van der Waals surface area contributed by atoms with Gasteiger partial charge in [0.05, 0.1) is 6.10 Å². The topological polar surface area (TPSA) is 46.5 Å². The van der Waals surface area contributed by atoms with Gasteiger partial charge in [0, 0.05) is 19.8 Å². The molecule has 1 N–H and O–H groups in total. The van der Waals surface area contributed by atoms with Crippen LogP contribution in [0.15, 0.2) is 24.3 Å². The minimum atomic E-state index is -0.580. The fraction of sp³-hybridized carbons (Fsp3) is 0.417. The number of hydrogen-bond donors (Lipinski definition) is 1. The SMILES string of the molecule is CC(=O)OC1Cc2ccccc2CC1O. The van der Waals surface area contributed by atoms with E-state index in [1.165, 1.54) is 6.92 Å². The Morgan fingerprint density at radius 1 is 1.33 bits per heavy atom. The van der Waals surface area contributed by atoms with Gasteiger partial charge in [0.1, 0.15) is 6.10 Å². The quantitative estimate of drug-likeness (QED) is 0.699. The van der Waals surface area contributed by atoms with Crippen LogP contribution in [0.25, 0.3) is 0 Å². The van der Waals surface area contributed by atoms with Gasteiger partial charge in [0.25, 0.3) is 0 Å². The fourth-order valence-corrected chi connectivity index (χ4v) is 2.00. The predicted octanol–water partition coefficient (Wildman–Crippen LogP) is 1.08. The standard InChI is InChI=1S/C12H14O3/c1-8(13)15-12-7-10-5-3-2-4-9(10)6-11(12)14/h2-5,11-12,14H,6-7H2,1H3. The van der Waals surface area contributed by atoms with Crippen LogP contribution in [0, 0.1) is 0 Å². The zero-order valence-electron chi connectivity index (χ0n) is 8.64. The molecule has 2 rings (SSSR count). The molecule has 15 heavy (non-hydrogen) atoms. The van der Waals surface area contributed by atoms with Gasteiger partial charge >= 0.3 is 5.97 Å². The summed E-state index contributed by atoms with van der Waals surface area (Å²) in [5, 5.41) is 9.79. The van der Waals surface area contributed by atoms with Gasteiger partial charge in [-0.3, -0.25) is 4.79 Å². The average Bonchev–Trinajstić information content (AvgIpc) is 2.18. The van der Waals surface area contributed by atoms with Gasteiger partial charge in [-0.15, -0.1) is 0 Å². The molecule has 0 fully saturated rings. The summed E-state index contributed by atoms with van der Waals surface area (Å²) in [5.41, 5.74) is 2.31. The van der Waals surface area contributed by atoms with Crippen molar-refractivity contribution in [3.8, 4) is 0 Å². The van der Waals surface area contributed by atoms with E-state index < -0.39 is 12.2 Å². The number of rotatable bonds is 1. The second-order valence-corrected chi connectivity index (χ2v) is 3.89. The zero-order valence-corrected chi connectivity index (χ0v) is 8.64. The van der Waals surface area contributed by atoms with Crippen LogP contribution in [0.4, 0.5) is 0 Å². The highest BCUT2D eigenvalue weighted by Gasteiger charge is 2.28. The van der Waals surface area contributed by atoms with Gasteiger partial charge in [-0.1, -0.05) is 24.3 Å². The molecule has 0 saturated heterocycles. The van der Waals surface area contributed by atoms with Crippen molar-refractivity contribution >= 4 is 5.97 Å². The van der Waals surface area contributed by atoms with E-state index >= 15 is 0 Å². The number of aliphatic hydroxyl groups is 1. The lowest BCUT2D eigenvalue weighted by Crippen LogP contribution is -2.38. The molecule has 1 aromatic carbocycles. The molecular weight excluding hydrogens is 192 g/mol. The lowest BCUT2D eigenvalue weighted by atomic mass is 9.88. The number of carbonyl (C=O) groups excluding carboxylic acids is 1. The summed E-state index contributed by atoms with van der Waals surface area (Å²) in [5.74, 6) is -0.335. The molecule has 3 nitrogen and oxygen atoms in total. The molecule has 0 amide bonds. The molecule has 0 aliphatic heterocycles. The maximum absolute atomic E-state index is 10.8. The number of carbonyl (C=O) groups is 1. The molecule has 0 saturated carbocycles. The van der Waals surface area contributed by atoms with E-state index in [9.17, 15) is 9.90 Å². The highest BCUT2D eigenvalue weighted by molar-refractivity contribution is 5.66. The highest BCUT2D eigenvalue weighted by Crippen LogP contribution is 2.23. The Bertz CT molecular complexity index is 373. The number of esters is 1. The van der Waals surface area contributed by atoms with Crippen LogP contribution in [-0.2, 0) is 22.4 Å². The average molecular weight is 206 g/mol. The van der Waals surface area contributed by atoms with E-state index in [4.69, 9.17) is 4.74 Å². The molecule has 80 valence electrons. The number of aliphatic hydroxyl groups excluding tert-OH is 1. The maximum atomic E-state index is 10.8. The van der Waals surface area contributed by atoms with Crippen LogP contribution < -0.4 is 0 Å². The maximum Gasteiger partial charge on any atom is 0.303 e. The third kappa shape index (κ3) is 2.18. The van der Waals surface area contributed by atoms with Crippen LogP contribution in [0.2, 0.25) is 0 Å². The third-order valence-corrected chi connectivity index (χ3v) is 2.72. The van der Waals surface area contributed by atoms with Crippen LogP contribution in [0.3, 0.4) is 0 Å². The van der Waals surface area contributed by atoms with E-state index in [0.29, 0.717) is 12.8 Å². The summed E-state index contributed by atoms with van der Waals surface area (Å²) in [4.78, 5) is 10.8. The zero-order chi connectivity index (χ0) is 10.8. The Balaban J connectivity index is 2.18. The summed E-state index contributed by atoms with van der Waals surface area (Å²) in [6.45, 7) is 1.37. The molecule has 2 atom stereocenters. The molecule has 0 radical (unpaired) electrons. The molecule has 1 aromatic rings. The van der Waals surface area contributed by atoms with Gasteiger partial charge < -0.3 is 9.84 Å². The summed E-state index contributed by atoms with van der Waals surface area (Å²) in [6.07, 6.45) is 0.201. The lowest BCUT2D eigenvalue weighted by molar-refractivity contribution is -0.152. The molecular formula is C12H14O3. The summed E-state index contributed by atoms with van der Waals surface area (Å²) >= 11 is 0. The Morgan fingerprint density at radius 2 is 1.93 bits per heavy atom. The Labute approximate surface area is 88.7 Å². The monoisotopic (exact) mass is 206 g/mol. The van der Waals surface area contributed by atoms with Gasteiger partial charge in [-0.05, 0) is 11.1 Å².